The number of fused-ring (bicyclic) bond motifs is 1. The molecule has 0 spiro atoms. The summed E-state index contributed by atoms with van der Waals surface area (Å²) in [5.74, 6) is 0.499. The second kappa shape index (κ2) is 41.8. The van der Waals surface area contributed by atoms with Crippen LogP contribution in [0.2, 0.25) is 10.0 Å². The molecule has 97 heavy (non-hydrogen) atoms. The molecule has 2 aliphatic rings. The van der Waals surface area contributed by atoms with E-state index >= 15 is 0 Å². The molecule has 64 radical (unpaired) electrons. The Hall–Kier alpha value is 1.56. The van der Waals surface area contributed by atoms with E-state index in [1.165, 1.54) is 0 Å². The second-order valence-electron chi connectivity index (χ2n) is 27.1. The first-order valence-corrected chi connectivity index (χ1v) is 33.4. The number of hydrogen-bond donors (Lipinski definition) is 0. The van der Waals surface area contributed by atoms with E-state index in [2.05, 4.69) is 16.8 Å². The summed E-state index contributed by atoms with van der Waals surface area (Å²) in [6, 6.07) is 15.2. The number of benzene rings is 2. The first kappa shape index (κ1) is 90.9. The minimum atomic E-state index is -1.56. The molecule has 0 saturated carbocycles. The maximum absolute atomic E-state index is 13.1. The maximum Gasteiger partial charge on any atom is 0.253 e. The molecule has 2 saturated heterocycles. The van der Waals surface area contributed by atoms with E-state index in [0.29, 0.717) is 21.7 Å². The van der Waals surface area contributed by atoms with Gasteiger partial charge in [-0.2, -0.15) is 0 Å². The molecule has 1 amide bonds. The van der Waals surface area contributed by atoms with Crippen LogP contribution in [0.15, 0.2) is 54.7 Å². The minimum absolute atomic E-state index is 0.00690. The maximum atomic E-state index is 13.1. The Bertz CT molecular complexity index is 2540. The Kier molecular flexibility index (Phi) is 39.2. The standard InChI is InChI=1S/C28H29Cl2N3O2.B62/c1-18-17-33(14-10-23(18)27(34)20-4-6-24(29)25(30)16-20)22-8-12-32(13-9-22)28(35)21-5-7-26-19(15-21)3-2-11-31-26;1-33(2)49(34(3)4)57(50(35(5)6)36(7)8)61(58(51(37(9)10)38(11)12)52(39(13)14)40(15)16)62(59(53(41(17)18)42(19)20)54(43(21)22)44(23)24)60(55(45(25)26)46(27)28)56(47(29)30)48(31)32/h2-7,11,15-16,18,22-23H,8-10,12-14,17H2,1H3;/t18-,23-;/m1./s1. The van der Waals surface area contributed by atoms with Crippen molar-refractivity contribution in [2.45, 2.75) is 32.2 Å². The third kappa shape index (κ3) is 23.8. The van der Waals surface area contributed by atoms with Gasteiger partial charge in [-0.3, -0.25) is 19.5 Å². The largest absolute Gasteiger partial charge is 0.339 e. The van der Waals surface area contributed by atoms with E-state index in [-0.39, 0.29) is 23.5 Å². The summed E-state index contributed by atoms with van der Waals surface area (Å²) in [5, 5.41) is 1.87. The summed E-state index contributed by atoms with van der Waals surface area (Å²) in [6.45, 7) is 5.47. The van der Waals surface area contributed by atoms with E-state index in [4.69, 9.17) is 271 Å². The van der Waals surface area contributed by atoms with Crippen LogP contribution in [-0.4, -0.2) is 498 Å². The van der Waals surface area contributed by atoms with E-state index in [1.54, 1.807) is 24.4 Å². The predicted octanol–water partition coefficient (Wildman–Crippen LogP) is -17.6. The van der Waals surface area contributed by atoms with Crippen LogP contribution in [0.3, 0.4) is 0 Å². The average molecular weight is 1180 g/mol. The number of nitrogens with zero attached hydrogens (tertiary/aromatic N) is 3. The minimum Gasteiger partial charge on any atom is -0.339 e. The lowest BCUT2D eigenvalue weighted by Crippen LogP contribution is -2.97. The number of piperidine rings is 2. The SMILES string of the molecule is C[C@@H]1CN(C2CCN(C(=O)c3ccc4ncccc4c3)CC2)CC[C@H]1C(=O)c1ccc(Cl)c(Cl)c1.[B]B([B])B(B([B])[B])B(B(B([B])[B])B([B])[B])B(B(B(B([B])[B])B([B])[B])B(B([B])[B])B([B])[B])B(B(B(B([B])[B])B([B])[B])B(B([B])[B])B([B])[B])B(B(B([B])[B])B([B])[B])B(B([B])[B])B([B])[B]. The molecule has 5 rings (SSSR count). The van der Waals surface area contributed by atoms with Crippen molar-refractivity contribution in [2.24, 2.45) is 11.8 Å². The molecule has 3 aromatic rings. The summed E-state index contributed by atoms with van der Waals surface area (Å²) in [5.41, 5.74) is 2.26. The van der Waals surface area contributed by atoms with Gasteiger partial charge in [-0.1, -0.05) is 36.2 Å². The normalized spacial score (nSPS) is 14.1. The van der Waals surface area contributed by atoms with Crippen LogP contribution in [-0.2, 0) is 0 Å². The number of pyridine rings is 1. The summed E-state index contributed by atoms with van der Waals surface area (Å²) >= 11 is 12.1. The summed E-state index contributed by atoms with van der Waals surface area (Å²) in [6.07, 6.45) is -39.3. The van der Waals surface area contributed by atoms with Gasteiger partial charge in [0, 0.05) is 493 Å². The molecule has 69 heteroatoms. The molecule has 2 aromatic carbocycles. The van der Waals surface area contributed by atoms with Crippen LogP contribution in [0.4, 0.5) is 0 Å². The number of carbonyl (C=O) groups excluding carboxylic acids is 2. The Morgan fingerprint density at radius 2 is 0.691 bits per heavy atom. The topological polar surface area (TPSA) is 53.5 Å². The van der Waals surface area contributed by atoms with Gasteiger partial charge in [0.1, 0.15) is 0 Å². The fraction of sp³-hybridized carbons (Fsp3) is 0.393. The molecular formula is C28H29B62Cl2N3O2. The number of likely N-dealkylation sites (tertiary alicyclic amines) is 2. The number of hydrogen-bond acceptors (Lipinski definition) is 4. The van der Waals surface area contributed by atoms with Gasteiger partial charge in [0.25, 0.3) is 5.91 Å². The second-order valence-corrected chi connectivity index (χ2v) is 27.9. The van der Waals surface area contributed by atoms with Crippen molar-refractivity contribution >= 4 is 485 Å². The van der Waals surface area contributed by atoms with Gasteiger partial charge >= 0.3 is 0 Å². The van der Waals surface area contributed by atoms with Crippen molar-refractivity contribution in [1.82, 2.24) is 14.8 Å². The van der Waals surface area contributed by atoms with Gasteiger partial charge in [0.2, 0.25) is 0 Å². The first-order chi connectivity index (χ1) is 45.0. The van der Waals surface area contributed by atoms with Crippen molar-refractivity contribution in [1.29, 1.82) is 0 Å². The number of ketones is 1. The summed E-state index contributed by atoms with van der Waals surface area (Å²) < 4.78 is 0. The van der Waals surface area contributed by atoms with E-state index in [1.807, 2.05) is 35.2 Å². The molecule has 2 aliphatic heterocycles. The van der Waals surface area contributed by atoms with Crippen molar-refractivity contribution in [2.75, 3.05) is 26.2 Å². The molecular weight excluding hydrogens is 1150 g/mol. The van der Waals surface area contributed by atoms with Crippen LogP contribution in [0.25, 0.3) is 10.9 Å². The first-order valence-electron chi connectivity index (χ1n) is 32.6. The van der Waals surface area contributed by atoms with Crippen LogP contribution >= 0.6 is 23.2 Å². The molecule has 0 aliphatic carbocycles. The molecule has 1 aromatic heterocycles. The zero-order valence-corrected chi connectivity index (χ0v) is 57.1. The smallest absolute Gasteiger partial charge is 0.253 e. The van der Waals surface area contributed by atoms with Gasteiger partial charge in [0.05, 0.1) is 15.6 Å². The lowest BCUT2D eigenvalue weighted by atomic mass is 8.22. The highest BCUT2D eigenvalue weighted by Gasteiger charge is 2.63. The lowest BCUT2D eigenvalue weighted by molar-refractivity contribution is 0.0405. The van der Waals surface area contributed by atoms with E-state index in [9.17, 15) is 9.59 Å². The highest BCUT2D eigenvalue weighted by Crippen LogP contribution is 2.33. The van der Waals surface area contributed by atoms with Gasteiger partial charge in [-0.05, 0) is 74.2 Å². The molecule has 2 fully saturated rings. The van der Waals surface area contributed by atoms with Crippen LogP contribution in [0.5, 0.6) is 0 Å². The zero-order chi connectivity index (χ0) is 73.8. The highest BCUT2D eigenvalue weighted by atomic mass is 35.5. The molecule has 0 unspecified atom stereocenters. The van der Waals surface area contributed by atoms with Crippen molar-refractivity contribution < 1.29 is 9.59 Å². The molecule has 5 nitrogen and oxygen atoms in total. The quantitative estimate of drug-likeness (QED) is 0.0450. The predicted molar refractivity (Wildman–Crippen MR) is 497 cm³/mol. The zero-order valence-electron chi connectivity index (χ0n) is 55.6. The lowest BCUT2D eigenvalue weighted by Gasteiger charge is -2.59. The molecule has 0 bridgehead atoms. The van der Waals surface area contributed by atoms with E-state index in [0.717, 1.165) is 61.9 Å². The number of carbonyl (C=O) groups is 2. The molecule has 0 N–H and O–H groups in total. The average Bonchev–Trinajstić information content (AvgIpc) is 0.725. The van der Waals surface area contributed by atoms with Gasteiger partial charge in [-0.15, -0.1) is 0 Å². The monoisotopic (exact) mass is 1190 g/mol. The number of Topliss-reactive ketones (excluding diaryl/α,β-unsaturated/α-hetero) is 1. The Labute approximate surface area is 649 Å². The molecule has 2 atom stereocenters. The van der Waals surface area contributed by atoms with Crippen molar-refractivity contribution in [3.63, 3.8) is 0 Å². The highest BCUT2D eigenvalue weighted by molar-refractivity contribution is 8.38. The number of amides is 1. The van der Waals surface area contributed by atoms with Crippen LogP contribution in [0, 0.1) is 11.8 Å². The Morgan fingerprint density at radius 1 is 0.381 bits per heavy atom. The van der Waals surface area contributed by atoms with Crippen LogP contribution < -0.4 is 0 Å². The van der Waals surface area contributed by atoms with Gasteiger partial charge in [0.15, 0.2) is 5.78 Å². The summed E-state index contributed by atoms with van der Waals surface area (Å²) in [4.78, 5) is 35.1. The third-order valence-electron chi connectivity index (χ3n) is 20.5. The fourth-order valence-electron chi connectivity index (χ4n) is 16.4. The van der Waals surface area contributed by atoms with Crippen LogP contribution in [0.1, 0.15) is 46.9 Å². The Balaban J connectivity index is 0.000000474. The third-order valence-corrected chi connectivity index (χ3v) is 21.2. The van der Waals surface area contributed by atoms with Crippen molar-refractivity contribution in [3.8, 4) is 0 Å². The number of halogens is 2. The Morgan fingerprint density at radius 3 is 0.990 bits per heavy atom. The fourth-order valence-corrected chi connectivity index (χ4v) is 16.7. The van der Waals surface area contributed by atoms with Gasteiger partial charge < -0.3 is 4.90 Å². The van der Waals surface area contributed by atoms with Crippen molar-refractivity contribution in [3.05, 3.63) is 75.9 Å². The molecule has 368 valence electrons. The van der Waals surface area contributed by atoms with E-state index < -0.39 is 192 Å². The van der Waals surface area contributed by atoms with Gasteiger partial charge in [-0.25, -0.2) is 0 Å². The summed E-state index contributed by atoms with van der Waals surface area (Å²) in [7, 11) is 212. The number of aromatic nitrogens is 1. The molecule has 3 heterocycles. The number of rotatable bonds is 33.